The Kier molecular flexibility index (Phi) is 10.0. The zero-order valence-electron chi connectivity index (χ0n) is 28.1. The van der Waals surface area contributed by atoms with E-state index in [9.17, 15) is 39.6 Å². The van der Waals surface area contributed by atoms with Crippen LogP contribution in [0.25, 0.3) is 11.3 Å². The van der Waals surface area contributed by atoms with Crippen LogP contribution < -0.4 is 14.8 Å². The van der Waals surface area contributed by atoms with Gasteiger partial charge in [-0.05, 0) is 88.1 Å². The SMILES string of the molecule is Cc1cccc(C)c1-c1cc2nc(n1)NS(=O)(=O)c1cccc(c1)C(=O)N(C1CCC(NCCC(F)(F)F)CC1)[C@H](CC1(C(F)(F)F)CC1)CO2. The maximum Gasteiger partial charge on any atom is 0.394 e. The number of hydrogen-bond donors (Lipinski definition) is 2. The molecule has 1 aliphatic heterocycles. The van der Waals surface area contributed by atoms with Crippen molar-refractivity contribution >= 4 is 21.9 Å². The summed E-state index contributed by atoms with van der Waals surface area (Å²) in [5, 5.41) is 2.91. The number of fused-ring (bicyclic) bond motifs is 4. The third-order valence-corrected chi connectivity index (χ3v) is 11.4. The van der Waals surface area contributed by atoms with Gasteiger partial charge in [-0.3, -0.25) is 4.79 Å². The molecular weight excluding hydrogens is 700 g/mol. The predicted octanol–water partition coefficient (Wildman–Crippen LogP) is 7.35. The molecule has 0 spiro atoms. The number of anilines is 1. The number of sulfonamides is 1. The van der Waals surface area contributed by atoms with E-state index in [1.165, 1.54) is 35.2 Å². The van der Waals surface area contributed by atoms with E-state index in [0.29, 0.717) is 36.9 Å². The Morgan fingerprint density at radius 3 is 2.25 bits per heavy atom. The number of hydrogen-bond acceptors (Lipinski definition) is 7. The lowest BCUT2D eigenvalue weighted by Crippen LogP contribution is -2.53. The van der Waals surface area contributed by atoms with Crippen LogP contribution in [0.4, 0.5) is 32.3 Å². The number of nitrogens with zero attached hydrogens (tertiary/aromatic N) is 3. The lowest BCUT2D eigenvalue weighted by Gasteiger charge is -2.43. The first-order valence-electron chi connectivity index (χ1n) is 16.9. The van der Waals surface area contributed by atoms with Gasteiger partial charge in [-0.25, -0.2) is 18.1 Å². The zero-order valence-corrected chi connectivity index (χ0v) is 28.9. The van der Waals surface area contributed by atoms with Crippen LogP contribution in [0.5, 0.6) is 5.88 Å². The molecule has 2 heterocycles. The van der Waals surface area contributed by atoms with Gasteiger partial charge in [-0.2, -0.15) is 31.3 Å². The van der Waals surface area contributed by atoms with Crippen molar-refractivity contribution < 1.29 is 44.3 Å². The highest BCUT2D eigenvalue weighted by atomic mass is 32.2. The fourth-order valence-corrected chi connectivity index (χ4v) is 8.24. The van der Waals surface area contributed by atoms with E-state index in [1.54, 1.807) is 0 Å². The van der Waals surface area contributed by atoms with E-state index in [0.717, 1.165) is 11.1 Å². The molecule has 2 saturated carbocycles. The lowest BCUT2D eigenvalue weighted by atomic mass is 9.87. The summed E-state index contributed by atoms with van der Waals surface area (Å²) < 4.78 is 118. The highest BCUT2D eigenvalue weighted by Gasteiger charge is 2.64. The van der Waals surface area contributed by atoms with Crippen LogP contribution >= 0.6 is 0 Å². The van der Waals surface area contributed by atoms with Crippen molar-refractivity contribution in [2.45, 2.75) is 101 Å². The van der Waals surface area contributed by atoms with Crippen molar-refractivity contribution in [3.63, 3.8) is 0 Å². The molecule has 2 aromatic carbocycles. The topological polar surface area (TPSA) is 114 Å². The number of nitrogens with one attached hydrogen (secondary N) is 2. The molecule has 0 unspecified atom stereocenters. The molecule has 0 radical (unpaired) electrons. The lowest BCUT2D eigenvalue weighted by molar-refractivity contribution is -0.193. The third-order valence-electron chi connectivity index (χ3n) is 10.1. The summed E-state index contributed by atoms with van der Waals surface area (Å²) in [5.74, 6) is -1.08. The first-order valence-corrected chi connectivity index (χ1v) is 18.3. The van der Waals surface area contributed by atoms with E-state index >= 15 is 0 Å². The normalized spacial score (nSPS) is 23.3. The van der Waals surface area contributed by atoms with E-state index in [1.807, 2.05) is 32.0 Å². The number of ether oxygens (including phenoxy) is 1. The largest absolute Gasteiger partial charge is 0.475 e. The summed E-state index contributed by atoms with van der Waals surface area (Å²) in [5.41, 5.74) is 0.604. The molecule has 9 nitrogen and oxygen atoms in total. The van der Waals surface area contributed by atoms with Gasteiger partial charge in [0.15, 0.2) is 0 Å². The van der Waals surface area contributed by atoms with Crippen molar-refractivity contribution in [3.8, 4) is 17.1 Å². The number of halogens is 6. The summed E-state index contributed by atoms with van der Waals surface area (Å²) >= 11 is 0. The standard InChI is InChI=1S/C35H39F6N5O4S/c1-21-5-3-6-22(2)30(21)28-18-29-44-32(43-28)45-51(48,49)27-8-4-7-23(17-27)31(47)46(26(20-50-29)19-33(13-14-33)35(39,40)41)25-11-9-24(10-12-25)42-16-15-34(36,37)38/h3-8,17-18,24-26,42H,9-16,19-20H2,1-2H3,(H,43,44,45)/t24?,25?,26-/m1/s1. The zero-order chi connectivity index (χ0) is 36.8. The Morgan fingerprint density at radius 1 is 0.961 bits per heavy atom. The molecule has 0 saturated heterocycles. The van der Waals surface area contributed by atoms with Crippen LogP contribution in [0, 0.1) is 19.3 Å². The van der Waals surface area contributed by atoms with Gasteiger partial charge in [-0.1, -0.05) is 24.3 Å². The average molecular weight is 740 g/mol. The van der Waals surface area contributed by atoms with Crippen molar-refractivity contribution in [1.29, 1.82) is 0 Å². The molecule has 1 amide bonds. The third kappa shape index (κ3) is 8.27. The summed E-state index contributed by atoms with van der Waals surface area (Å²) in [6.07, 6.45) is -9.16. The molecule has 3 aliphatic rings. The highest BCUT2D eigenvalue weighted by molar-refractivity contribution is 7.92. The van der Waals surface area contributed by atoms with Gasteiger partial charge in [0.1, 0.15) is 6.61 Å². The van der Waals surface area contributed by atoms with Crippen LogP contribution in [0.3, 0.4) is 0 Å². The highest BCUT2D eigenvalue weighted by Crippen LogP contribution is 2.61. The molecule has 51 heavy (non-hydrogen) atoms. The molecule has 276 valence electrons. The smallest absolute Gasteiger partial charge is 0.394 e. The minimum atomic E-state index is -4.54. The van der Waals surface area contributed by atoms with Gasteiger partial charge in [0.05, 0.1) is 28.5 Å². The monoisotopic (exact) mass is 739 g/mol. The molecule has 2 N–H and O–H groups in total. The fourth-order valence-electron chi connectivity index (χ4n) is 7.25. The van der Waals surface area contributed by atoms with Crippen LogP contribution in [0.15, 0.2) is 53.4 Å². The molecule has 6 rings (SSSR count). The van der Waals surface area contributed by atoms with Gasteiger partial charge in [-0.15, -0.1) is 0 Å². The van der Waals surface area contributed by atoms with Crippen LogP contribution in [-0.2, 0) is 10.0 Å². The maximum absolute atomic E-state index is 14.5. The number of aryl methyl sites for hydroxylation is 2. The molecule has 16 heteroatoms. The van der Waals surface area contributed by atoms with Crippen molar-refractivity contribution in [3.05, 3.63) is 65.2 Å². The summed E-state index contributed by atoms with van der Waals surface area (Å²) in [6.45, 7) is 3.05. The minimum Gasteiger partial charge on any atom is -0.475 e. The summed E-state index contributed by atoms with van der Waals surface area (Å²) in [4.78, 5) is 24.3. The number of aromatic nitrogens is 2. The first-order chi connectivity index (χ1) is 23.9. The first kappa shape index (κ1) is 36.9. The van der Waals surface area contributed by atoms with Crippen molar-refractivity contribution in [2.75, 3.05) is 17.9 Å². The van der Waals surface area contributed by atoms with E-state index < -0.39 is 58.6 Å². The second kappa shape index (κ2) is 13.9. The minimum absolute atomic E-state index is 0.0479. The number of carbonyl (C=O) groups excluding carboxylic acids is 1. The molecule has 4 bridgehead atoms. The van der Waals surface area contributed by atoms with E-state index in [-0.39, 0.29) is 54.3 Å². The number of alkyl halides is 6. The number of rotatable bonds is 7. The Morgan fingerprint density at radius 2 is 1.63 bits per heavy atom. The number of amides is 1. The average Bonchev–Trinajstić information content (AvgIpc) is 3.84. The van der Waals surface area contributed by atoms with Gasteiger partial charge in [0, 0.05) is 35.8 Å². The Labute approximate surface area is 292 Å². The summed E-state index contributed by atoms with van der Waals surface area (Å²) in [7, 11) is -4.36. The second-order valence-corrected chi connectivity index (χ2v) is 15.5. The Bertz CT molecular complexity index is 1850. The molecule has 2 fully saturated rings. The molecule has 3 aromatic rings. The quantitative estimate of drug-likeness (QED) is 0.244. The van der Waals surface area contributed by atoms with Crippen molar-refractivity contribution in [2.24, 2.45) is 5.41 Å². The molecule has 2 aliphatic carbocycles. The van der Waals surface area contributed by atoms with Crippen LogP contribution in [-0.4, -0.2) is 72.8 Å². The van der Waals surface area contributed by atoms with Gasteiger partial charge >= 0.3 is 12.4 Å². The second-order valence-electron chi connectivity index (χ2n) is 13.8. The fraction of sp³-hybridized carbons (Fsp3) is 0.514. The van der Waals surface area contributed by atoms with E-state index in [4.69, 9.17) is 4.74 Å². The molecule has 1 atom stereocenters. The van der Waals surface area contributed by atoms with Gasteiger partial charge in [0.2, 0.25) is 11.8 Å². The van der Waals surface area contributed by atoms with Gasteiger partial charge < -0.3 is 15.0 Å². The van der Waals surface area contributed by atoms with E-state index in [2.05, 4.69) is 20.0 Å². The van der Waals surface area contributed by atoms with Gasteiger partial charge in [0.25, 0.3) is 15.9 Å². The molecule has 1 aromatic heterocycles. The predicted molar refractivity (Wildman–Crippen MR) is 177 cm³/mol. The Hall–Kier alpha value is -3.92. The van der Waals surface area contributed by atoms with Crippen molar-refractivity contribution in [1.82, 2.24) is 20.2 Å². The summed E-state index contributed by atoms with van der Waals surface area (Å²) in [6, 6.07) is 10.3. The Balaban J connectivity index is 1.41. The maximum atomic E-state index is 14.5. The van der Waals surface area contributed by atoms with Crippen LogP contribution in [0.1, 0.15) is 72.9 Å². The number of benzene rings is 2. The van der Waals surface area contributed by atoms with Crippen LogP contribution in [0.2, 0.25) is 0 Å². The molecular formula is C35H39F6N5O4S. The number of carbonyl (C=O) groups is 1.